The van der Waals surface area contributed by atoms with Gasteiger partial charge in [-0.1, -0.05) is 44.0 Å². The number of fused-ring (bicyclic) bond motifs is 1. The SMILES string of the molecule is CCCCCN(C(=O)Cc1cccc2cccnc12)C(C)C. The Morgan fingerprint density at radius 2 is 1.95 bits per heavy atom. The maximum atomic E-state index is 12.7. The number of amides is 1. The molecular weight excluding hydrogens is 272 g/mol. The molecule has 0 bridgehead atoms. The molecular formula is C19H26N2O. The van der Waals surface area contributed by atoms with Crippen LogP contribution in [0, 0.1) is 0 Å². The van der Waals surface area contributed by atoms with Crippen molar-refractivity contribution in [1.29, 1.82) is 0 Å². The van der Waals surface area contributed by atoms with Crippen LogP contribution >= 0.6 is 0 Å². The Balaban J connectivity index is 2.14. The molecule has 0 saturated heterocycles. The summed E-state index contributed by atoms with van der Waals surface area (Å²) in [4.78, 5) is 19.1. The first-order valence-corrected chi connectivity index (χ1v) is 8.25. The number of para-hydroxylation sites is 1. The minimum Gasteiger partial charge on any atom is -0.340 e. The summed E-state index contributed by atoms with van der Waals surface area (Å²) in [6, 6.07) is 10.3. The maximum absolute atomic E-state index is 12.7. The minimum absolute atomic E-state index is 0.198. The first kappa shape index (κ1) is 16.5. The van der Waals surface area contributed by atoms with Gasteiger partial charge in [-0.3, -0.25) is 9.78 Å². The molecule has 1 heterocycles. The van der Waals surface area contributed by atoms with Crippen molar-refractivity contribution in [3.63, 3.8) is 0 Å². The predicted molar refractivity (Wildman–Crippen MR) is 91.8 cm³/mol. The van der Waals surface area contributed by atoms with Gasteiger partial charge in [0.2, 0.25) is 5.91 Å². The van der Waals surface area contributed by atoms with Crippen LogP contribution in [0.1, 0.15) is 45.6 Å². The summed E-state index contributed by atoms with van der Waals surface area (Å²) in [5, 5.41) is 1.09. The van der Waals surface area contributed by atoms with Gasteiger partial charge in [0.25, 0.3) is 0 Å². The summed E-state index contributed by atoms with van der Waals surface area (Å²) in [5.41, 5.74) is 1.96. The van der Waals surface area contributed by atoms with Crippen molar-refractivity contribution < 1.29 is 4.79 Å². The number of carbonyl (C=O) groups excluding carboxylic acids is 1. The fourth-order valence-corrected chi connectivity index (χ4v) is 2.78. The molecule has 0 spiro atoms. The second-order valence-electron chi connectivity index (χ2n) is 6.06. The van der Waals surface area contributed by atoms with E-state index in [1.807, 2.05) is 35.2 Å². The Labute approximate surface area is 133 Å². The fraction of sp³-hybridized carbons (Fsp3) is 0.474. The van der Waals surface area contributed by atoms with E-state index in [9.17, 15) is 4.79 Å². The number of hydrogen-bond acceptors (Lipinski definition) is 2. The van der Waals surface area contributed by atoms with E-state index in [-0.39, 0.29) is 11.9 Å². The molecule has 0 aliphatic carbocycles. The van der Waals surface area contributed by atoms with Gasteiger partial charge in [-0.15, -0.1) is 0 Å². The predicted octanol–water partition coefficient (Wildman–Crippen LogP) is 4.20. The molecule has 0 saturated carbocycles. The van der Waals surface area contributed by atoms with Gasteiger partial charge >= 0.3 is 0 Å². The molecule has 22 heavy (non-hydrogen) atoms. The zero-order valence-corrected chi connectivity index (χ0v) is 13.9. The van der Waals surface area contributed by atoms with Crippen LogP contribution < -0.4 is 0 Å². The highest BCUT2D eigenvalue weighted by atomic mass is 16.2. The van der Waals surface area contributed by atoms with Crippen LogP contribution in [0.25, 0.3) is 10.9 Å². The number of rotatable bonds is 7. The van der Waals surface area contributed by atoms with E-state index in [0.29, 0.717) is 6.42 Å². The molecule has 1 aromatic carbocycles. The Hall–Kier alpha value is -1.90. The lowest BCUT2D eigenvalue weighted by molar-refractivity contribution is -0.132. The van der Waals surface area contributed by atoms with E-state index in [1.54, 1.807) is 6.20 Å². The van der Waals surface area contributed by atoms with Gasteiger partial charge in [0.1, 0.15) is 0 Å². The Morgan fingerprint density at radius 3 is 2.68 bits per heavy atom. The third-order valence-electron chi connectivity index (χ3n) is 4.00. The Bertz CT molecular complexity index is 616. The van der Waals surface area contributed by atoms with Crippen LogP contribution in [0.5, 0.6) is 0 Å². The standard InChI is InChI=1S/C19H26N2O/c1-4-5-6-13-21(15(2)3)18(22)14-17-10-7-9-16-11-8-12-20-19(16)17/h7-12,15H,4-6,13-14H2,1-3H3. The van der Waals surface area contributed by atoms with Gasteiger partial charge in [0.05, 0.1) is 11.9 Å². The van der Waals surface area contributed by atoms with Gasteiger partial charge in [-0.05, 0) is 31.9 Å². The summed E-state index contributed by atoms with van der Waals surface area (Å²) >= 11 is 0. The van der Waals surface area contributed by atoms with Crippen molar-refractivity contribution in [2.24, 2.45) is 0 Å². The lowest BCUT2D eigenvalue weighted by Crippen LogP contribution is -2.38. The van der Waals surface area contributed by atoms with E-state index >= 15 is 0 Å². The van der Waals surface area contributed by atoms with Crippen molar-refractivity contribution in [2.45, 2.75) is 52.5 Å². The number of pyridine rings is 1. The molecule has 2 rings (SSSR count). The van der Waals surface area contributed by atoms with Crippen molar-refractivity contribution in [1.82, 2.24) is 9.88 Å². The second kappa shape index (κ2) is 7.92. The number of carbonyl (C=O) groups is 1. The monoisotopic (exact) mass is 298 g/mol. The minimum atomic E-state index is 0.198. The molecule has 0 radical (unpaired) electrons. The molecule has 3 heteroatoms. The van der Waals surface area contributed by atoms with E-state index in [4.69, 9.17) is 0 Å². The molecule has 0 fully saturated rings. The fourth-order valence-electron chi connectivity index (χ4n) is 2.78. The van der Waals surface area contributed by atoms with Crippen LogP contribution in [-0.2, 0) is 11.2 Å². The van der Waals surface area contributed by atoms with E-state index in [2.05, 4.69) is 25.8 Å². The smallest absolute Gasteiger partial charge is 0.227 e. The molecule has 0 unspecified atom stereocenters. The summed E-state index contributed by atoms with van der Waals surface area (Å²) < 4.78 is 0. The average Bonchev–Trinajstić information content (AvgIpc) is 2.51. The summed E-state index contributed by atoms with van der Waals surface area (Å²) in [6.45, 7) is 7.21. The van der Waals surface area contributed by atoms with Crippen molar-refractivity contribution in [3.05, 3.63) is 42.1 Å². The molecule has 3 nitrogen and oxygen atoms in total. The quantitative estimate of drug-likeness (QED) is 0.718. The highest BCUT2D eigenvalue weighted by Crippen LogP contribution is 2.18. The first-order valence-electron chi connectivity index (χ1n) is 8.25. The molecule has 0 aliphatic rings. The van der Waals surface area contributed by atoms with Gasteiger partial charge in [0.15, 0.2) is 0 Å². The van der Waals surface area contributed by atoms with Crippen LogP contribution in [0.15, 0.2) is 36.5 Å². The summed E-state index contributed by atoms with van der Waals surface area (Å²) in [6.07, 6.45) is 5.64. The third-order valence-corrected chi connectivity index (χ3v) is 4.00. The van der Waals surface area contributed by atoms with E-state index in [1.165, 1.54) is 12.8 Å². The molecule has 118 valence electrons. The van der Waals surface area contributed by atoms with Crippen LogP contribution in [0.3, 0.4) is 0 Å². The average molecular weight is 298 g/mol. The second-order valence-corrected chi connectivity index (χ2v) is 6.06. The number of unbranched alkanes of at least 4 members (excludes halogenated alkanes) is 2. The van der Waals surface area contributed by atoms with Gasteiger partial charge in [-0.25, -0.2) is 0 Å². The number of benzene rings is 1. The molecule has 1 aromatic heterocycles. The van der Waals surface area contributed by atoms with Crippen molar-refractivity contribution in [2.75, 3.05) is 6.54 Å². The molecule has 0 N–H and O–H groups in total. The summed E-state index contributed by atoms with van der Waals surface area (Å²) in [5.74, 6) is 0.198. The lowest BCUT2D eigenvalue weighted by atomic mass is 10.1. The van der Waals surface area contributed by atoms with Gasteiger partial charge < -0.3 is 4.90 Å². The Morgan fingerprint density at radius 1 is 1.18 bits per heavy atom. The highest BCUT2D eigenvalue weighted by Gasteiger charge is 2.17. The lowest BCUT2D eigenvalue weighted by Gasteiger charge is -2.27. The molecule has 0 aliphatic heterocycles. The molecule has 0 atom stereocenters. The van der Waals surface area contributed by atoms with Crippen molar-refractivity contribution >= 4 is 16.8 Å². The normalized spacial score (nSPS) is 11.1. The molecule has 1 amide bonds. The zero-order valence-electron chi connectivity index (χ0n) is 13.9. The van der Waals surface area contributed by atoms with Gasteiger partial charge in [-0.2, -0.15) is 0 Å². The van der Waals surface area contributed by atoms with Crippen LogP contribution in [0.4, 0.5) is 0 Å². The summed E-state index contributed by atoms with van der Waals surface area (Å²) in [7, 11) is 0. The number of aromatic nitrogens is 1. The first-order chi connectivity index (χ1) is 10.6. The largest absolute Gasteiger partial charge is 0.340 e. The topological polar surface area (TPSA) is 33.2 Å². The van der Waals surface area contributed by atoms with Crippen molar-refractivity contribution in [3.8, 4) is 0 Å². The van der Waals surface area contributed by atoms with E-state index < -0.39 is 0 Å². The highest BCUT2D eigenvalue weighted by molar-refractivity contribution is 5.87. The van der Waals surface area contributed by atoms with E-state index in [0.717, 1.165) is 29.4 Å². The van der Waals surface area contributed by atoms with Crippen LogP contribution in [0.2, 0.25) is 0 Å². The molecule has 2 aromatic rings. The third kappa shape index (κ3) is 4.06. The Kier molecular flexibility index (Phi) is 5.93. The zero-order chi connectivity index (χ0) is 15.9. The van der Waals surface area contributed by atoms with Crippen LogP contribution in [-0.4, -0.2) is 28.4 Å². The number of hydrogen-bond donors (Lipinski definition) is 0. The number of nitrogens with zero attached hydrogens (tertiary/aromatic N) is 2. The van der Waals surface area contributed by atoms with Gasteiger partial charge in [0, 0.05) is 24.2 Å². The maximum Gasteiger partial charge on any atom is 0.227 e.